The summed E-state index contributed by atoms with van der Waals surface area (Å²) in [6, 6.07) is 12.1. The number of anilines is 1. The zero-order valence-electron chi connectivity index (χ0n) is 11.2. The van der Waals surface area contributed by atoms with E-state index >= 15 is 0 Å². The summed E-state index contributed by atoms with van der Waals surface area (Å²) in [6.07, 6.45) is 1.37. The van der Waals surface area contributed by atoms with E-state index in [4.69, 9.17) is 8.94 Å². The van der Waals surface area contributed by atoms with E-state index in [9.17, 15) is 9.90 Å². The first kappa shape index (κ1) is 12.5. The number of phenolic OH excluding ortho intramolecular Hbond substituents is 1. The molecule has 1 amide bonds. The Kier molecular flexibility index (Phi) is 2.62. The van der Waals surface area contributed by atoms with Crippen molar-refractivity contribution in [2.24, 2.45) is 0 Å². The summed E-state index contributed by atoms with van der Waals surface area (Å²) in [7, 11) is 0. The fourth-order valence-electron chi connectivity index (χ4n) is 2.38. The average molecular weight is 294 g/mol. The van der Waals surface area contributed by atoms with Crippen LogP contribution in [0.4, 0.5) is 5.69 Å². The summed E-state index contributed by atoms with van der Waals surface area (Å²) in [4.78, 5) is 11.9. The number of benzene rings is 2. The molecule has 0 bridgehead atoms. The lowest BCUT2D eigenvalue weighted by molar-refractivity contribution is 0.0987. The van der Waals surface area contributed by atoms with Gasteiger partial charge in [-0.25, -0.2) is 0 Å². The molecule has 6 nitrogen and oxygen atoms in total. The molecule has 0 atom stereocenters. The van der Waals surface area contributed by atoms with Crippen LogP contribution in [-0.4, -0.2) is 16.2 Å². The van der Waals surface area contributed by atoms with Gasteiger partial charge in [0.1, 0.15) is 16.9 Å². The Morgan fingerprint density at radius 1 is 1.09 bits per heavy atom. The van der Waals surface area contributed by atoms with Gasteiger partial charge in [0.25, 0.3) is 5.91 Å². The first-order chi connectivity index (χ1) is 10.7. The smallest absolute Gasteiger partial charge is 0.294 e. The van der Waals surface area contributed by atoms with Crippen LogP contribution in [0.25, 0.3) is 21.9 Å². The van der Waals surface area contributed by atoms with E-state index in [0.29, 0.717) is 5.58 Å². The highest BCUT2D eigenvalue weighted by molar-refractivity contribution is 6.09. The number of para-hydroxylation sites is 1. The van der Waals surface area contributed by atoms with Gasteiger partial charge in [0.05, 0.1) is 11.9 Å². The van der Waals surface area contributed by atoms with Crippen LogP contribution in [0.5, 0.6) is 5.75 Å². The number of fused-ring (bicyclic) bond motifs is 3. The second kappa shape index (κ2) is 4.63. The van der Waals surface area contributed by atoms with Crippen LogP contribution in [-0.2, 0) is 0 Å². The molecule has 4 rings (SSSR count). The van der Waals surface area contributed by atoms with E-state index < -0.39 is 5.91 Å². The zero-order valence-corrected chi connectivity index (χ0v) is 11.2. The maximum absolute atomic E-state index is 11.9. The second-order valence-electron chi connectivity index (χ2n) is 4.79. The summed E-state index contributed by atoms with van der Waals surface area (Å²) in [5.41, 5.74) is 1.54. The van der Waals surface area contributed by atoms with Gasteiger partial charge in [0.15, 0.2) is 0 Å². The standard InChI is InChI=1S/C16H10N2O4/c19-12-7-10-9-3-1-2-4-13(9)21-15(10)8-11(12)18-16(20)14-5-6-17-22-14/h1-8,19H,(H,18,20). The van der Waals surface area contributed by atoms with Crippen molar-refractivity contribution in [3.63, 3.8) is 0 Å². The highest BCUT2D eigenvalue weighted by Gasteiger charge is 2.15. The van der Waals surface area contributed by atoms with Crippen molar-refractivity contribution in [3.05, 3.63) is 54.4 Å². The summed E-state index contributed by atoms with van der Waals surface area (Å²) in [5.74, 6) is -0.487. The Morgan fingerprint density at radius 2 is 1.95 bits per heavy atom. The van der Waals surface area contributed by atoms with Crippen LogP contribution in [0.1, 0.15) is 10.6 Å². The maximum Gasteiger partial charge on any atom is 0.294 e. The predicted octanol–water partition coefficient (Wildman–Crippen LogP) is 3.53. The molecule has 6 heteroatoms. The zero-order chi connectivity index (χ0) is 15.1. The Morgan fingerprint density at radius 3 is 2.77 bits per heavy atom. The predicted molar refractivity (Wildman–Crippen MR) is 79.8 cm³/mol. The third-order valence-electron chi connectivity index (χ3n) is 3.40. The Labute approximate surface area is 123 Å². The highest BCUT2D eigenvalue weighted by Crippen LogP contribution is 2.35. The quantitative estimate of drug-likeness (QED) is 0.552. The molecule has 2 heterocycles. The van der Waals surface area contributed by atoms with Crippen molar-refractivity contribution in [1.29, 1.82) is 0 Å². The fraction of sp³-hybridized carbons (Fsp3) is 0. The van der Waals surface area contributed by atoms with Crippen LogP contribution in [0, 0.1) is 0 Å². The number of amides is 1. The first-order valence-electron chi connectivity index (χ1n) is 6.58. The number of carbonyl (C=O) groups excluding carboxylic acids is 1. The number of aromatic nitrogens is 1. The fourth-order valence-corrected chi connectivity index (χ4v) is 2.38. The average Bonchev–Trinajstić information content (AvgIpc) is 3.15. The van der Waals surface area contributed by atoms with Crippen LogP contribution >= 0.6 is 0 Å². The molecule has 2 aromatic carbocycles. The molecule has 0 aliphatic heterocycles. The lowest BCUT2D eigenvalue weighted by atomic mass is 10.1. The van der Waals surface area contributed by atoms with Crippen LogP contribution in [0.2, 0.25) is 0 Å². The SMILES string of the molecule is O=C(Nc1cc2oc3ccccc3c2cc1O)c1ccno1. The topological polar surface area (TPSA) is 88.5 Å². The van der Waals surface area contributed by atoms with Crippen molar-refractivity contribution < 1.29 is 18.8 Å². The highest BCUT2D eigenvalue weighted by atomic mass is 16.5. The van der Waals surface area contributed by atoms with Gasteiger partial charge in [-0.1, -0.05) is 23.4 Å². The molecular formula is C16H10N2O4. The van der Waals surface area contributed by atoms with Crippen molar-refractivity contribution >= 4 is 33.5 Å². The molecule has 22 heavy (non-hydrogen) atoms. The van der Waals surface area contributed by atoms with Crippen LogP contribution < -0.4 is 5.32 Å². The molecule has 2 N–H and O–H groups in total. The normalized spacial score (nSPS) is 11.1. The van der Waals surface area contributed by atoms with Crippen molar-refractivity contribution in [2.45, 2.75) is 0 Å². The Hall–Kier alpha value is -3.28. The number of hydrogen-bond donors (Lipinski definition) is 2. The number of rotatable bonds is 2. The molecule has 108 valence electrons. The molecule has 0 saturated carbocycles. The third kappa shape index (κ3) is 1.89. The summed E-state index contributed by atoms with van der Waals surface area (Å²) < 4.78 is 10.5. The number of nitrogens with zero attached hydrogens (tertiary/aromatic N) is 1. The minimum atomic E-state index is -0.497. The van der Waals surface area contributed by atoms with E-state index in [0.717, 1.165) is 16.4 Å². The van der Waals surface area contributed by atoms with Gasteiger partial charge >= 0.3 is 0 Å². The molecule has 4 aromatic rings. The van der Waals surface area contributed by atoms with Gasteiger partial charge in [-0.15, -0.1) is 0 Å². The summed E-state index contributed by atoms with van der Waals surface area (Å²) in [6.45, 7) is 0. The Bertz CT molecular complexity index is 986. The van der Waals surface area contributed by atoms with Gasteiger partial charge < -0.3 is 19.4 Å². The number of aromatic hydroxyl groups is 1. The molecular weight excluding hydrogens is 284 g/mol. The van der Waals surface area contributed by atoms with Gasteiger partial charge in [-0.05, 0) is 12.1 Å². The number of furan rings is 1. The van der Waals surface area contributed by atoms with Crippen molar-refractivity contribution in [3.8, 4) is 5.75 Å². The number of nitrogens with one attached hydrogen (secondary N) is 1. The van der Waals surface area contributed by atoms with E-state index in [1.54, 1.807) is 12.1 Å². The van der Waals surface area contributed by atoms with Crippen molar-refractivity contribution in [2.75, 3.05) is 5.32 Å². The minimum Gasteiger partial charge on any atom is -0.506 e. The lowest BCUT2D eigenvalue weighted by Crippen LogP contribution is -2.10. The lowest BCUT2D eigenvalue weighted by Gasteiger charge is -2.05. The van der Waals surface area contributed by atoms with Crippen LogP contribution in [0.3, 0.4) is 0 Å². The molecule has 0 aliphatic carbocycles. The van der Waals surface area contributed by atoms with Gasteiger partial charge in [0.2, 0.25) is 5.76 Å². The minimum absolute atomic E-state index is 0.0491. The van der Waals surface area contributed by atoms with Gasteiger partial charge in [-0.2, -0.15) is 0 Å². The number of hydrogen-bond acceptors (Lipinski definition) is 5. The maximum atomic E-state index is 11.9. The van der Waals surface area contributed by atoms with Gasteiger partial charge in [-0.3, -0.25) is 4.79 Å². The summed E-state index contributed by atoms with van der Waals surface area (Å²) >= 11 is 0. The molecule has 0 radical (unpaired) electrons. The van der Waals surface area contributed by atoms with E-state index in [-0.39, 0.29) is 17.2 Å². The molecule has 0 spiro atoms. The van der Waals surface area contributed by atoms with E-state index in [2.05, 4.69) is 10.5 Å². The van der Waals surface area contributed by atoms with Crippen LogP contribution in [0.15, 0.2) is 57.6 Å². The molecule has 0 unspecified atom stereocenters. The monoisotopic (exact) mass is 294 g/mol. The van der Waals surface area contributed by atoms with E-state index in [1.807, 2.05) is 24.3 Å². The van der Waals surface area contributed by atoms with E-state index in [1.165, 1.54) is 12.3 Å². The first-order valence-corrected chi connectivity index (χ1v) is 6.58. The van der Waals surface area contributed by atoms with Gasteiger partial charge in [0, 0.05) is 22.9 Å². The second-order valence-corrected chi connectivity index (χ2v) is 4.79. The molecule has 0 fully saturated rings. The number of carbonyl (C=O) groups is 1. The Balaban J connectivity index is 1.80. The summed E-state index contributed by atoms with van der Waals surface area (Å²) in [5, 5.41) is 17.9. The largest absolute Gasteiger partial charge is 0.506 e. The number of phenols is 1. The molecule has 0 aliphatic rings. The third-order valence-corrected chi connectivity index (χ3v) is 3.40. The molecule has 0 saturated heterocycles. The van der Waals surface area contributed by atoms with Crippen molar-refractivity contribution in [1.82, 2.24) is 5.16 Å². The molecule has 2 aromatic heterocycles.